The van der Waals surface area contributed by atoms with Gasteiger partial charge in [-0.15, -0.1) is 0 Å². The van der Waals surface area contributed by atoms with Crippen LogP contribution in [0.2, 0.25) is 5.02 Å². The Morgan fingerprint density at radius 3 is 2.69 bits per heavy atom. The summed E-state index contributed by atoms with van der Waals surface area (Å²) in [5.41, 5.74) is 1.23. The van der Waals surface area contributed by atoms with E-state index in [1.54, 1.807) is 31.3 Å². The second kappa shape index (κ2) is 7.21. The van der Waals surface area contributed by atoms with Crippen LogP contribution < -0.4 is 15.2 Å². The van der Waals surface area contributed by atoms with Crippen LogP contribution in [0.1, 0.15) is 11.4 Å². The standard InChI is InChI=1S/C18H17ClFN3O3/c1-10-7-15(26-9-16-21-22-18(24)23(16)2)12(8-13(10)19)11-5-4-6-14(25-3)17(11)20/h4-8H,9H2,1-3H3,(H,22,24). The second-order valence-corrected chi connectivity index (χ2v) is 6.12. The molecular formula is C18H17ClFN3O3. The van der Waals surface area contributed by atoms with Crippen LogP contribution >= 0.6 is 11.6 Å². The van der Waals surface area contributed by atoms with Crippen LogP contribution in [0.3, 0.4) is 0 Å². The largest absolute Gasteiger partial charge is 0.494 e. The van der Waals surface area contributed by atoms with Gasteiger partial charge < -0.3 is 9.47 Å². The topological polar surface area (TPSA) is 69.1 Å². The zero-order chi connectivity index (χ0) is 18.8. The molecule has 0 saturated heterocycles. The first-order valence-corrected chi connectivity index (χ1v) is 8.16. The molecule has 0 aliphatic rings. The third-order valence-corrected chi connectivity index (χ3v) is 4.47. The van der Waals surface area contributed by atoms with Crippen LogP contribution in [-0.2, 0) is 13.7 Å². The normalized spacial score (nSPS) is 10.8. The molecule has 0 amide bonds. The van der Waals surface area contributed by atoms with Crippen molar-refractivity contribution in [3.8, 4) is 22.6 Å². The molecule has 8 heteroatoms. The molecule has 1 aromatic heterocycles. The van der Waals surface area contributed by atoms with E-state index in [9.17, 15) is 9.18 Å². The molecule has 0 radical (unpaired) electrons. The number of ether oxygens (including phenoxy) is 2. The van der Waals surface area contributed by atoms with Gasteiger partial charge in [0.15, 0.2) is 17.4 Å². The van der Waals surface area contributed by atoms with Gasteiger partial charge in [0.2, 0.25) is 0 Å². The lowest BCUT2D eigenvalue weighted by Crippen LogP contribution is -2.15. The lowest BCUT2D eigenvalue weighted by molar-refractivity contribution is 0.292. The minimum Gasteiger partial charge on any atom is -0.494 e. The van der Waals surface area contributed by atoms with Crippen molar-refractivity contribution in [3.05, 3.63) is 63.0 Å². The maximum atomic E-state index is 14.7. The lowest BCUT2D eigenvalue weighted by Gasteiger charge is -2.15. The summed E-state index contributed by atoms with van der Waals surface area (Å²) >= 11 is 6.24. The summed E-state index contributed by atoms with van der Waals surface area (Å²) in [6.07, 6.45) is 0. The van der Waals surface area contributed by atoms with Crippen LogP contribution in [0.15, 0.2) is 35.1 Å². The molecule has 26 heavy (non-hydrogen) atoms. The number of hydrogen-bond acceptors (Lipinski definition) is 4. The van der Waals surface area contributed by atoms with Gasteiger partial charge in [-0.1, -0.05) is 23.7 Å². The van der Waals surface area contributed by atoms with Crippen molar-refractivity contribution < 1.29 is 13.9 Å². The van der Waals surface area contributed by atoms with E-state index in [1.807, 2.05) is 6.92 Å². The fraction of sp³-hybridized carbons (Fsp3) is 0.222. The first kappa shape index (κ1) is 18.0. The molecule has 0 saturated carbocycles. The van der Waals surface area contributed by atoms with Gasteiger partial charge in [-0.05, 0) is 30.7 Å². The number of benzene rings is 2. The van der Waals surface area contributed by atoms with E-state index in [0.717, 1.165) is 5.56 Å². The Bertz CT molecular complexity index is 1010. The molecule has 0 unspecified atom stereocenters. The molecule has 1 heterocycles. The van der Waals surface area contributed by atoms with Crippen molar-refractivity contribution in [2.24, 2.45) is 7.05 Å². The fourth-order valence-electron chi connectivity index (χ4n) is 2.51. The third kappa shape index (κ3) is 3.30. The summed E-state index contributed by atoms with van der Waals surface area (Å²) in [5, 5.41) is 6.73. The third-order valence-electron chi connectivity index (χ3n) is 4.06. The summed E-state index contributed by atoms with van der Waals surface area (Å²) in [4.78, 5) is 11.5. The Labute approximate surface area is 154 Å². The van der Waals surface area contributed by atoms with Gasteiger partial charge in [0.25, 0.3) is 0 Å². The Balaban J connectivity index is 2.04. The number of aryl methyl sites for hydroxylation is 1. The molecule has 0 atom stereocenters. The van der Waals surface area contributed by atoms with Crippen LogP contribution in [0, 0.1) is 12.7 Å². The number of nitrogens with zero attached hydrogens (tertiary/aromatic N) is 2. The van der Waals surface area contributed by atoms with E-state index in [1.165, 1.54) is 17.7 Å². The lowest BCUT2D eigenvalue weighted by atomic mass is 10.0. The minimum absolute atomic E-state index is 0.0366. The predicted octanol–water partition coefficient (Wildman–Crippen LogP) is 3.46. The number of aromatic amines is 1. The van der Waals surface area contributed by atoms with Gasteiger partial charge in [0, 0.05) is 23.2 Å². The molecule has 1 N–H and O–H groups in total. The highest BCUT2D eigenvalue weighted by molar-refractivity contribution is 6.31. The highest BCUT2D eigenvalue weighted by Gasteiger charge is 2.17. The average molecular weight is 378 g/mol. The molecule has 136 valence electrons. The van der Waals surface area contributed by atoms with E-state index < -0.39 is 5.82 Å². The monoisotopic (exact) mass is 377 g/mol. The first-order chi connectivity index (χ1) is 12.4. The smallest absolute Gasteiger partial charge is 0.343 e. The number of rotatable bonds is 5. The van der Waals surface area contributed by atoms with Gasteiger partial charge in [-0.2, -0.15) is 5.10 Å². The van der Waals surface area contributed by atoms with E-state index in [4.69, 9.17) is 21.1 Å². The van der Waals surface area contributed by atoms with E-state index in [-0.39, 0.29) is 18.0 Å². The number of nitrogens with one attached hydrogen (secondary N) is 1. The summed E-state index contributed by atoms with van der Waals surface area (Å²) < 4.78 is 26.9. The van der Waals surface area contributed by atoms with Crippen LogP contribution in [0.5, 0.6) is 11.5 Å². The molecular weight excluding hydrogens is 361 g/mol. The SMILES string of the molecule is COc1cccc(-c2cc(Cl)c(C)cc2OCc2n[nH]c(=O)n2C)c1F. The zero-order valence-electron chi connectivity index (χ0n) is 14.5. The predicted molar refractivity (Wildman–Crippen MR) is 96.3 cm³/mol. The van der Waals surface area contributed by atoms with Crippen LogP contribution in [0.25, 0.3) is 11.1 Å². The zero-order valence-corrected chi connectivity index (χ0v) is 15.2. The summed E-state index contributed by atoms with van der Waals surface area (Å²) in [7, 11) is 2.99. The van der Waals surface area contributed by atoms with Crippen molar-refractivity contribution in [3.63, 3.8) is 0 Å². The summed E-state index contributed by atoms with van der Waals surface area (Å²) in [6, 6.07) is 8.21. The molecule has 0 aliphatic carbocycles. The number of aromatic nitrogens is 3. The van der Waals surface area contributed by atoms with Gasteiger partial charge in [-0.25, -0.2) is 14.3 Å². The highest BCUT2D eigenvalue weighted by Crippen LogP contribution is 2.38. The van der Waals surface area contributed by atoms with Gasteiger partial charge in [-0.3, -0.25) is 4.57 Å². The molecule has 0 aliphatic heterocycles. The number of H-pyrrole nitrogens is 1. The molecule has 0 fully saturated rings. The maximum Gasteiger partial charge on any atom is 0.343 e. The van der Waals surface area contributed by atoms with Crippen molar-refractivity contribution in [1.29, 1.82) is 0 Å². The maximum absolute atomic E-state index is 14.7. The number of halogens is 2. The molecule has 3 rings (SSSR count). The van der Waals surface area contributed by atoms with Crippen LogP contribution in [-0.4, -0.2) is 21.9 Å². The quantitative estimate of drug-likeness (QED) is 0.739. The molecule has 0 bridgehead atoms. The Kier molecular flexibility index (Phi) is 4.99. The molecule has 2 aromatic carbocycles. The fourth-order valence-corrected chi connectivity index (χ4v) is 2.68. The Hall–Kier alpha value is -2.80. The van der Waals surface area contributed by atoms with Gasteiger partial charge in [0.1, 0.15) is 12.4 Å². The Morgan fingerprint density at radius 1 is 1.27 bits per heavy atom. The van der Waals surface area contributed by atoms with Crippen molar-refractivity contribution in [1.82, 2.24) is 14.8 Å². The van der Waals surface area contributed by atoms with E-state index in [0.29, 0.717) is 27.7 Å². The Morgan fingerprint density at radius 2 is 2.04 bits per heavy atom. The highest BCUT2D eigenvalue weighted by atomic mass is 35.5. The van der Waals surface area contributed by atoms with E-state index in [2.05, 4.69) is 10.2 Å². The van der Waals surface area contributed by atoms with E-state index >= 15 is 0 Å². The minimum atomic E-state index is -0.507. The van der Waals surface area contributed by atoms with Crippen LogP contribution in [0.4, 0.5) is 4.39 Å². The van der Waals surface area contributed by atoms with Crippen molar-refractivity contribution in [2.45, 2.75) is 13.5 Å². The second-order valence-electron chi connectivity index (χ2n) is 5.71. The van der Waals surface area contributed by atoms with Crippen molar-refractivity contribution >= 4 is 11.6 Å². The summed E-state index contributed by atoms with van der Waals surface area (Å²) in [6.45, 7) is 1.86. The first-order valence-electron chi connectivity index (χ1n) is 7.78. The number of methoxy groups -OCH3 is 1. The molecule has 3 aromatic rings. The van der Waals surface area contributed by atoms with Gasteiger partial charge >= 0.3 is 5.69 Å². The van der Waals surface area contributed by atoms with Crippen molar-refractivity contribution in [2.75, 3.05) is 7.11 Å². The van der Waals surface area contributed by atoms with Gasteiger partial charge in [0.05, 0.1) is 7.11 Å². The summed E-state index contributed by atoms with van der Waals surface area (Å²) in [5.74, 6) is 0.459. The average Bonchev–Trinajstić information content (AvgIpc) is 2.94. The molecule has 0 spiro atoms. The number of hydrogen-bond donors (Lipinski definition) is 1. The molecule has 6 nitrogen and oxygen atoms in total.